The van der Waals surface area contributed by atoms with Gasteiger partial charge in [-0.2, -0.15) is 8.78 Å². The van der Waals surface area contributed by atoms with Gasteiger partial charge in [0, 0.05) is 5.69 Å². The molecule has 0 saturated carbocycles. The van der Waals surface area contributed by atoms with E-state index in [-0.39, 0.29) is 17.0 Å². The van der Waals surface area contributed by atoms with Crippen molar-refractivity contribution in [3.8, 4) is 5.75 Å². The zero-order valence-corrected chi connectivity index (χ0v) is 8.38. The number of alkyl halides is 2. The molecule has 0 radical (unpaired) electrons. The minimum Gasteiger partial charge on any atom is -0.434 e. The van der Waals surface area contributed by atoms with Gasteiger partial charge in [0.25, 0.3) is 0 Å². The molecule has 0 amide bonds. The lowest BCUT2D eigenvalue weighted by Gasteiger charge is -2.11. The highest BCUT2D eigenvalue weighted by atomic mass is 19.3. The Labute approximate surface area is 85.8 Å². The molecule has 0 bridgehead atoms. The van der Waals surface area contributed by atoms with E-state index in [1.54, 1.807) is 6.92 Å². The molecule has 1 aromatic carbocycles. The van der Waals surface area contributed by atoms with Gasteiger partial charge >= 0.3 is 6.61 Å². The molecular weight excluding hydrogens is 204 g/mol. The van der Waals surface area contributed by atoms with Crippen LogP contribution in [0, 0.1) is 6.92 Å². The van der Waals surface area contributed by atoms with E-state index in [0.29, 0.717) is 5.56 Å². The van der Waals surface area contributed by atoms with E-state index in [2.05, 4.69) is 4.74 Å². The highest BCUT2D eigenvalue weighted by molar-refractivity contribution is 6.02. The summed E-state index contributed by atoms with van der Waals surface area (Å²) in [5, 5.41) is 0. The number of carbonyl (C=O) groups is 1. The Balaban J connectivity index is 3.27. The van der Waals surface area contributed by atoms with Crippen molar-refractivity contribution in [1.82, 2.24) is 0 Å². The van der Waals surface area contributed by atoms with Crippen molar-refractivity contribution in [1.29, 1.82) is 0 Å². The maximum atomic E-state index is 12.1. The summed E-state index contributed by atoms with van der Waals surface area (Å²) in [7, 11) is 0. The molecule has 82 valence electrons. The molecule has 0 aliphatic heterocycles. The van der Waals surface area contributed by atoms with Crippen molar-refractivity contribution < 1.29 is 18.3 Å². The monoisotopic (exact) mass is 215 g/mol. The summed E-state index contributed by atoms with van der Waals surface area (Å²) in [6.45, 7) is -0.0397. The van der Waals surface area contributed by atoms with Gasteiger partial charge in [0.2, 0.25) is 0 Å². The Morgan fingerprint density at radius 2 is 2.07 bits per heavy atom. The number of anilines is 1. The van der Waals surface area contributed by atoms with E-state index >= 15 is 0 Å². The highest BCUT2D eigenvalue weighted by Crippen LogP contribution is 2.28. The molecule has 0 atom stereocenters. The lowest BCUT2D eigenvalue weighted by Crippen LogP contribution is -2.09. The van der Waals surface area contributed by atoms with Crippen LogP contribution in [-0.2, 0) is 0 Å². The third-order valence-electron chi connectivity index (χ3n) is 1.85. The number of halogens is 2. The first-order chi connectivity index (χ1) is 6.91. The van der Waals surface area contributed by atoms with Crippen LogP contribution in [-0.4, -0.2) is 12.4 Å². The van der Waals surface area contributed by atoms with E-state index in [4.69, 9.17) is 5.73 Å². The van der Waals surface area contributed by atoms with Crippen LogP contribution in [0.15, 0.2) is 12.1 Å². The molecular formula is C10H11F2NO2. The highest BCUT2D eigenvalue weighted by Gasteiger charge is 2.16. The van der Waals surface area contributed by atoms with E-state index in [9.17, 15) is 13.6 Å². The second-order valence-electron chi connectivity index (χ2n) is 3.16. The predicted octanol–water partition coefficient (Wildman–Crippen LogP) is 2.38. The Hall–Kier alpha value is -1.65. The molecule has 2 N–H and O–H groups in total. The van der Waals surface area contributed by atoms with E-state index < -0.39 is 12.4 Å². The summed E-state index contributed by atoms with van der Waals surface area (Å²) in [4.78, 5) is 11.2. The number of carbonyl (C=O) groups excluding carboxylic acids is 1. The average molecular weight is 215 g/mol. The van der Waals surface area contributed by atoms with Gasteiger partial charge in [0.15, 0.2) is 5.78 Å². The molecule has 15 heavy (non-hydrogen) atoms. The van der Waals surface area contributed by atoms with Gasteiger partial charge < -0.3 is 10.5 Å². The largest absolute Gasteiger partial charge is 0.434 e. The van der Waals surface area contributed by atoms with Gasteiger partial charge in [0.05, 0.1) is 5.56 Å². The number of hydrogen-bond donors (Lipinski definition) is 1. The molecule has 1 aromatic rings. The first kappa shape index (κ1) is 11.4. The Morgan fingerprint density at radius 1 is 1.47 bits per heavy atom. The number of ketones is 1. The van der Waals surface area contributed by atoms with Gasteiger partial charge in [-0.3, -0.25) is 4.79 Å². The maximum absolute atomic E-state index is 12.1. The summed E-state index contributed by atoms with van der Waals surface area (Å²) in [5.41, 5.74) is 6.37. The molecule has 0 aliphatic rings. The zero-order valence-electron chi connectivity index (χ0n) is 8.38. The summed E-state index contributed by atoms with van der Waals surface area (Å²) >= 11 is 0. The minimum atomic E-state index is -2.97. The Kier molecular flexibility index (Phi) is 3.24. The third kappa shape index (κ3) is 2.65. The molecule has 0 aromatic heterocycles. The van der Waals surface area contributed by atoms with Crippen LogP contribution in [0.2, 0.25) is 0 Å². The van der Waals surface area contributed by atoms with Crippen LogP contribution in [0.3, 0.4) is 0 Å². The number of rotatable bonds is 3. The van der Waals surface area contributed by atoms with Crippen molar-refractivity contribution in [3.05, 3.63) is 23.3 Å². The second-order valence-corrected chi connectivity index (χ2v) is 3.16. The number of benzene rings is 1. The van der Waals surface area contributed by atoms with Gasteiger partial charge in [-0.1, -0.05) is 0 Å². The summed E-state index contributed by atoms with van der Waals surface area (Å²) < 4.78 is 28.3. The molecule has 0 spiro atoms. The van der Waals surface area contributed by atoms with Crippen LogP contribution in [0.4, 0.5) is 14.5 Å². The summed E-state index contributed by atoms with van der Waals surface area (Å²) in [6, 6.07) is 2.90. The van der Waals surface area contributed by atoms with E-state index in [0.717, 1.165) is 0 Å². The fourth-order valence-corrected chi connectivity index (χ4v) is 1.35. The fraction of sp³-hybridized carbons (Fsp3) is 0.300. The van der Waals surface area contributed by atoms with Crippen LogP contribution in [0.25, 0.3) is 0 Å². The number of Topliss-reactive ketones (excluding diaryl/α,β-unsaturated/α-hetero) is 1. The predicted molar refractivity (Wildman–Crippen MR) is 52.2 cm³/mol. The number of ether oxygens (including phenoxy) is 1. The minimum absolute atomic E-state index is 0.000833. The smallest absolute Gasteiger partial charge is 0.387 e. The number of nitrogens with two attached hydrogens (primary N) is 1. The van der Waals surface area contributed by atoms with Crippen molar-refractivity contribution in [2.75, 3.05) is 5.73 Å². The van der Waals surface area contributed by atoms with Gasteiger partial charge in [0.1, 0.15) is 5.75 Å². The quantitative estimate of drug-likeness (QED) is 0.622. The van der Waals surface area contributed by atoms with Crippen LogP contribution in [0.1, 0.15) is 22.8 Å². The van der Waals surface area contributed by atoms with Gasteiger partial charge in [-0.25, -0.2) is 0 Å². The molecule has 0 heterocycles. The molecule has 0 unspecified atom stereocenters. The molecule has 5 heteroatoms. The lowest BCUT2D eigenvalue weighted by atomic mass is 10.1. The fourth-order valence-electron chi connectivity index (χ4n) is 1.35. The number of aryl methyl sites for hydroxylation is 1. The topological polar surface area (TPSA) is 52.3 Å². The first-order valence-corrected chi connectivity index (χ1v) is 4.27. The van der Waals surface area contributed by atoms with E-state index in [1.165, 1.54) is 19.1 Å². The van der Waals surface area contributed by atoms with Crippen molar-refractivity contribution in [2.45, 2.75) is 20.5 Å². The third-order valence-corrected chi connectivity index (χ3v) is 1.85. The molecule has 0 saturated heterocycles. The van der Waals surface area contributed by atoms with Crippen LogP contribution in [0.5, 0.6) is 5.75 Å². The van der Waals surface area contributed by atoms with Crippen molar-refractivity contribution >= 4 is 11.5 Å². The maximum Gasteiger partial charge on any atom is 0.387 e. The summed E-state index contributed by atoms with van der Waals surface area (Å²) in [5.74, 6) is -0.571. The second kappa shape index (κ2) is 4.25. The van der Waals surface area contributed by atoms with Crippen LogP contribution < -0.4 is 10.5 Å². The average Bonchev–Trinajstić information content (AvgIpc) is 1.99. The molecule has 1 rings (SSSR count). The van der Waals surface area contributed by atoms with Crippen molar-refractivity contribution in [3.63, 3.8) is 0 Å². The van der Waals surface area contributed by atoms with Gasteiger partial charge in [-0.15, -0.1) is 0 Å². The molecule has 0 fully saturated rings. The Bertz CT molecular complexity index is 391. The summed E-state index contributed by atoms with van der Waals surface area (Å²) in [6.07, 6.45) is 0. The number of hydrogen-bond acceptors (Lipinski definition) is 3. The number of nitrogen functional groups attached to an aromatic ring is 1. The zero-order chi connectivity index (χ0) is 11.6. The Morgan fingerprint density at radius 3 is 2.53 bits per heavy atom. The van der Waals surface area contributed by atoms with Crippen LogP contribution >= 0.6 is 0 Å². The lowest BCUT2D eigenvalue weighted by molar-refractivity contribution is -0.0501. The SMILES string of the molecule is CC(=O)c1c(N)cc(C)cc1OC(F)F. The van der Waals surface area contributed by atoms with Gasteiger partial charge in [-0.05, 0) is 31.5 Å². The van der Waals surface area contributed by atoms with Crippen molar-refractivity contribution in [2.24, 2.45) is 0 Å². The van der Waals surface area contributed by atoms with E-state index in [1.807, 2.05) is 0 Å². The first-order valence-electron chi connectivity index (χ1n) is 4.27. The molecule has 0 aliphatic carbocycles. The normalized spacial score (nSPS) is 10.5. The standard InChI is InChI=1S/C10H11F2NO2/c1-5-3-7(13)9(6(2)14)8(4-5)15-10(11)12/h3-4,10H,13H2,1-2H3. The molecule has 3 nitrogen and oxygen atoms in total.